The zero-order chi connectivity index (χ0) is 16.5. The quantitative estimate of drug-likeness (QED) is 0.616. The van der Waals surface area contributed by atoms with Gasteiger partial charge in [-0.2, -0.15) is 0 Å². The van der Waals surface area contributed by atoms with Crippen LogP contribution in [-0.2, 0) is 14.3 Å². The van der Waals surface area contributed by atoms with E-state index in [0.29, 0.717) is 5.75 Å². The number of nitrogens with one attached hydrogen (secondary N) is 2. The Labute approximate surface area is 134 Å². The fourth-order valence-electron chi connectivity index (χ4n) is 1.47. The number of aryl methyl sites for hydroxylation is 1. The van der Waals surface area contributed by atoms with Gasteiger partial charge in [-0.25, -0.2) is 4.79 Å². The first kappa shape index (κ1) is 18.0. The molecule has 0 saturated heterocycles. The summed E-state index contributed by atoms with van der Waals surface area (Å²) in [6.45, 7) is 3.43. The van der Waals surface area contributed by atoms with Crippen molar-refractivity contribution in [2.24, 2.45) is 0 Å². The van der Waals surface area contributed by atoms with Gasteiger partial charge in [0.2, 0.25) is 0 Å². The Kier molecular flexibility index (Phi) is 7.45. The van der Waals surface area contributed by atoms with Crippen molar-refractivity contribution in [3.8, 4) is 0 Å². The van der Waals surface area contributed by atoms with Crippen molar-refractivity contribution in [3.63, 3.8) is 0 Å². The number of esters is 1. The van der Waals surface area contributed by atoms with Gasteiger partial charge in [0, 0.05) is 17.7 Å². The SMILES string of the molecule is CNC(=O)NC(=O)[C@H](C)OC(=O)CCSc1ccc(C)cc1. The smallest absolute Gasteiger partial charge is 0.321 e. The lowest BCUT2D eigenvalue weighted by Gasteiger charge is -2.12. The van der Waals surface area contributed by atoms with E-state index in [1.807, 2.05) is 31.2 Å². The van der Waals surface area contributed by atoms with Crippen LogP contribution in [0.2, 0.25) is 0 Å². The molecule has 0 aliphatic rings. The molecule has 1 atom stereocenters. The van der Waals surface area contributed by atoms with Gasteiger partial charge in [-0.15, -0.1) is 11.8 Å². The summed E-state index contributed by atoms with van der Waals surface area (Å²) >= 11 is 1.54. The second-order valence-electron chi connectivity index (χ2n) is 4.61. The molecule has 120 valence electrons. The summed E-state index contributed by atoms with van der Waals surface area (Å²) in [4.78, 5) is 35.2. The Balaban J connectivity index is 2.29. The van der Waals surface area contributed by atoms with Gasteiger partial charge in [0.25, 0.3) is 5.91 Å². The number of hydrogen-bond donors (Lipinski definition) is 2. The third-order valence-electron chi connectivity index (χ3n) is 2.74. The van der Waals surface area contributed by atoms with Crippen LogP contribution in [0.25, 0.3) is 0 Å². The van der Waals surface area contributed by atoms with Crippen LogP contribution in [0, 0.1) is 6.92 Å². The molecule has 0 spiro atoms. The number of imide groups is 1. The molecule has 0 aliphatic heterocycles. The van der Waals surface area contributed by atoms with Crippen molar-refractivity contribution in [3.05, 3.63) is 29.8 Å². The third-order valence-corrected chi connectivity index (χ3v) is 3.75. The van der Waals surface area contributed by atoms with E-state index < -0.39 is 24.0 Å². The summed E-state index contributed by atoms with van der Waals surface area (Å²) in [6, 6.07) is 7.36. The summed E-state index contributed by atoms with van der Waals surface area (Å²) in [6.07, 6.45) is -0.815. The highest BCUT2D eigenvalue weighted by Crippen LogP contribution is 2.19. The van der Waals surface area contributed by atoms with Crippen molar-refractivity contribution in [1.29, 1.82) is 0 Å². The highest BCUT2D eigenvalue weighted by Gasteiger charge is 2.19. The maximum absolute atomic E-state index is 11.6. The minimum atomic E-state index is -1.01. The Bertz CT molecular complexity index is 531. The molecule has 0 saturated carbocycles. The van der Waals surface area contributed by atoms with Crippen LogP contribution in [0.15, 0.2) is 29.2 Å². The van der Waals surface area contributed by atoms with Crippen LogP contribution >= 0.6 is 11.8 Å². The van der Waals surface area contributed by atoms with E-state index in [1.54, 1.807) is 11.8 Å². The molecule has 1 aromatic carbocycles. The molecule has 0 aliphatic carbocycles. The lowest BCUT2D eigenvalue weighted by atomic mass is 10.2. The normalized spacial score (nSPS) is 11.4. The first-order valence-electron chi connectivity index (χ1n) is 6.84. The molecule has 2 N–H and O–H groups in total. The highest BCUT2D eigenvalue weighted by molar-refractivity contribution is 7.99. The topological polar surface area (TPSA) is 84.5 Å². The van der Waals surface area contributed by atoms with Gasteiger partial charge in [0.15, 0.2) is 6.10 Å². The number of ether oxygens (including phenoxy) is 1. The molecule has 7 heteroatoms. The van der Waals surface area contributed by atoms with Crippen LogP contribution in [0.1, 0.15) is 18.9 Å². The predicted octanol–water partition coefficient (Wildman–Crippen LogP) is 1.86. The van der Waals surface area contributed by atoms with Crippen LogP contribution in [0.4, 0.5) is 4.79 Å². The lowest BCUT2D eigenvalue weighted by Crippen LogP contribution is -2.43. The zero-order valence-electron chi connectivity index (χ0n) is 12.8. The van der Waals surface area contributed by atoms with Gasteiger partial charge in [0.05, 0.1) is 6.42 Å². The van der Waals surface area contributed by atoms with Crippen molar-refractivity contribution in [1.82, 2.24) is 10.6 Å². The Morgan fingerprint density at radius 1 is 1.23 bits per heavy atom. The molecule has 1 rings (SSSR count). The number of thioether (sulfide) groups is 1. The second kappa shape index (κ2) is 9.09. The molecule has 0 unspecified atom stereocenters. The van der Waals surface area contributed by atoms with E-state index in [-0.39, 0.29) is 6.42 Å². The summed E-state index contributed by atoms with van der Waals surface area (Å²) in [7, 11) is 1.39. The van der Waals surface area contributed by atoms with Gasteiger partial charge in [0.1, 0.15) is 0 Å². The average molecular weight is 324 g/mol. The van der Waals surface area contributed by atoms with E-state index >= 15 is 0 Å². The monoisotopic (exact) mass is 324 g/mol. The number of rotatable bonds is 6. The summed E-state index contributed by atoms with van der Waals surface area (Å²) in [5, 5.41) is 4.30. The molecule has 6 nitrogen and oxygen atoms in total. The minimum absolute atomic E-state index is 0.191. The molecular weight excluding hydrogens is 304 g/mol. The van der Waals surface area contributed by atoms with E-state index in [1.165, 1.54) is 19.5 Å². The fraction of sp³-hybridized carbons (Fsp3) is 0.400. The Hall–Kier alpha value is -2.02. The van der Waals surface area contributed by atoms with Gasteiger partial charge in [-0.1, -0.05) is 17.7 Å². The zero-order valence-corrected chi connectivity index (χ0v) is 13.7. The summed E-state index contributed by atoms with van der Waals surface area (Å²) in [5.41, 5.74) is 1.18. The Morgan fingerprint density at radius 3 is 2.45 bits per heavy atom. The minimum Gasteiger partial charge on any atom is -0.453 e. The lowest BCUT2D eigenvalue weighted by molar-refractivity contribution is -0.154. The van der Waals surface area contributed by atoms with Gasteiger partial charge >= 0.3 is 12.0 Å². The second-order valence-corrected chi connectivity index (χ2v) is 5.78. The van der Waals surface area contributed by atoms with Crippen LogP contribution in [-0.4, -0.2) is 36.8 Å². The number of hydrogen-bond acceptors (Lipinski definition) is 5. The summed E-state index contributed by atoms with van der Waals surface area (Å²) in [5.74, 6) is -0.566. The molecule has 1 aromatic rings. The van der Waals surface area contributed by atoms with Crippen LogP contribution < -0.4 is 10.6 Å². The first-order chi connectivity index (χ1) is 10.4. The van der Waals surface area contributed by atoms with Crippen molar-refractivity contribution in [2.45, 2.75) is 31.3 Å². The maximum atomic E-state index is 11.6. The molecule has 0 heterocycles. The number of benzene rings is 1. The highest BCUT2D eigenvalue weighted by atomic mass is 32.2. The largest absolute Gasteiger partial charge is 0.453 e. The number of amides is 3. The van der Waals surface area contributed by atoms with E-state index in [2.05, 4.69) is 10.6 Å². The maximum Gasteiger partial charge on any atom is 0.321 e. The number of urea groups is 1. The standard InChI is InChI=1S/C15H20N2O4S/c1-10-4-6-12(7-5-10)22-9-8-13(18)21-11(2)14(19)17-15(20)16-3/h4-7,11H,8-9H2,1-3H3,(H2,16,17,19,20)/t11-/m0/s1. The molecule has 22 heavy (non-hydrogen) atoms. The van der Waals surface area contributed by atoms with Gasteiger partial charge in [-0.3, -0.25) is 14.9 Å². The molecule has 0 bridgehead atoms. The molecular formula is C15H20N2O4S. The third kappa shape index (κ3) is 6.62. The van der Waals surface area contributed by atoms with E-state index in [9.17, 15) is 14.4 Å². The first-order valence-corrected chi connectivity index (χ1v) is 7.82. The van der Waals surface area contributed by atoms with E-state index in [0.717, 1.165) is 4.90 Å². The van der Waals surface area contributed by atoms with Crippen LogP contribution in [0.5, 0.6) is 0 Å². The molecule has 0 aromatic heterocycles. The Morgan fingerprint density at radius 2 is 1.86 bits per heavy atom. The van der Waals surface area contributed by atoms with Crippen molar-refractivity contribution < 1.29 is 19.1 Å². The number of carbonyl (C=O) groups excluding carboxylic acids is 3. The predicted molar refractivity (Wildman–Crippen MR) is 84.7 cm³/mol. The average Bonchev–Trinajstić information content (AvgIpc) is 2.49. The van der Waals surface area contributed by atoms with Gasteiger partial charge in [-0.05, 0) is 26.0 Å². The van der Waals surface area contributed by atoms with E-state index in [4.69, 9.17) is 4.74 Å². The van der Waals surface area contributed by atoms with Crippen molar-refractivity contribution in [2.75, 3.05) is 12.8 Å². The van der Waals surface area contributed by atoms with Gasteiger partial charge < -0.3 is 10.1 Å². The molecule has 3 amide bonds. The fourth-order valence-corrected chi connectivity index (χ4v) is 2.31. The van der Waals surface area contributed by atoms with Crippen molar-refractivity contribution >= 4 is 29.7 Å². The summed E-state index contributed by atoms with van der Waals surface area (Å²) < 4.78 is 4.97. The molecule has 0 fully saturated rings. The van der Waals surface area contributed by atoms with Crippen LogP contribution in [0.3, 0.4) is 0 Å². The molecule has 0 radical (unpaired) electrons. The number of carbonyl (C=O) groups is 3.